The molecule has 0 aliphatic heterocycles. The molecule has 1 aromatic carbocycles. The van der Waals surface area contributed by atoms with Gasteiger partial charge in [-0.2, -0.15) is 4.39 Å². The van der Waals surface area contributed by atoms with Crippen molar-refractivity contribution in [3.05, 3.63) is 54.0 Å². The molecule has 0 unspecified atom stereocenters. The number of benzene rings is 1. The molecule has 0 spiro atoms. The summed E-state index contributed by atoms with van der Waals surface area (Å²) in [5.74, 6) is -0.576. The molecule has 18 heavy (non-hydrogen) atoms. The van der Waals surface area contributed by atoms with Crippen LogP contribution in [0.3, 0.4) is 0 Å². The van der Waals surface area contributed by atoms with Crippen LogP contribution in [0.1, 0.15) is 5.56 Å². The highest BCUT2D eigenvalue weighted by Gasteiger charge is 2.05. The zero-order valence-electron chi connectivity index (χ0n) is 9.34. The largest absolute Gasteiger partial charge is 0.444 e. The van der Waals surface area contributed by atoms with Gasteiger partial charge in [0.05, 0.1) is 0 Å². The Balaban J connectivity index is 1.84. The van der Waals surface area contributed by atoms with E-state index >= 15 is 0 Å². The summed E-state index contributed by atoms with van der Waals surface area (Å²) in [6.07, 6.45) is -0.667. The Morgan fingerprint density at radius 3 is 2.61 bits per heavy atom. The fourth-order valence-corrected chi connectivity index (χ4v) is 1.25. The lowest BCUT2D eigenvalue weighted by Crippen LogP contribution is -2.14. The second-order valence-electron chi connectivity index (χ2n) is 3.43. The number of amides is 1. The minimum Gasteiger partial charge on any atom is -0.444 e. The van der Waals surface area contributed by atoms with E-state index in [9.17, 15) is 9.18 Å². The number of aromatic nitrogens is 2. The van der Waals surface area contributed by atoms with Crippen molar-refractivity contribution >= 4 is 11.9 Å². The van der Waals surface area contributed by atoms with Crippen molar-refractivity contribution in [2.75, 3.05) is 5.32 Å². The molecule has 0 aliphatic carbocycles. The van der Waals surface area contributed by atoms with Gasteiger partial charge in [0.15, 0.2) is 5.82 Å². The third kappa shape index (κ3) is 3.51. The zero-order chi connectivity index (χ0) is 12.8. The van der Waals surface area contributed by atoms with E-state index in [4.69, 9.17) is 4.74 Å². The molecule has 5 nitrogen and oxygen atoms in total. The van der Waals surface area contributed by atoms with Crippen molar-refractivity contribution in [1.29, 1.82) is 0 Å². The molecule has 92 valence electrons. The maximum absolute atomic E-state index is 12.5. The second kappa shape index (κ2) is 5.72. The molecule has 6 heteroatoms. The molecule has 0 fully saturated rings. The average Bonchev–Trinajstić information content (AvgIpc) is 2.40. The lowest BCUT2D eigenvalue weighted by atomic mass is 10.2. The van der Waals surface area contributed by atoms with E-state index in [0.29, 0.717) is 0 Å². The molecule has 0 saturated heterocycles. The molecule has 0 bridgehead atoms. The maximum atomic E-state index is 12.5. The number of nitrogens with zero attached hydrogens (tertiary/aromatic N) is 2. The number of nitrogens with one attached hydrogen (secondary N) is 1. The van der Waals surface area contributed by atoms with Crippen LogP contribution in [0.5, 0.6) is 0 Å². The third-order valence-corrected chi connectivity index (χ3v) is 2.07. The number of ether oxygens (including phenoxy) is 1. The fraction of sp³-hybridized carbons (Fsp3) is 0.0833. The van der Waals surface area contributed by atoms with E-state index in [1.807, 2.05) is 30.3 Å². The lowest BCUT2D eigenvalue weighted by Gasteiger charge is -2.05. The Bertz CT molecular complexity index is 517. The highest BCUT2D eigenvalue weighted by molar-refractivity contribution is 5.83. The van der Waals surface area contributed by atoms with Crippen LogP contribution in [0.15, 0.2) is 42.5 Å². The molecule has 0 atom stereocenters. The Kier molecular flexibility index (Phi) is 3.80. The van der Waals surface area contributed by atoms with Crippen molar-refractivity contribution in [2.45, 2.75) is 6.61 Å². The minimum atomic E-state index is -0.710. The van der Waals surface area contributed by atoms with Crippen LogP contribution in [0.2, 0.25) is 0 Å². The summed E-state index contributed by atoms with van der Waals surface area (Å²) in [4.78, 5) is 11.4. The first kappa shape index (κ1) is 12.0. The minimum absolute atomic E-state index is 0.134. The summed E-state index contributed by atoms with van der Waals surface area (Å²) in [5.41, 5.74) is 0.873. The lowest BCUT2D eigenvalue weighted by molar-refractivity contribution is 0.155. The van der Waals surface area contributed by atoms with Gasteiger partial charge in [0, 0.05) is 0 Å². The smallest absolute Gasteiger partial charge is 0.413 e. The summed E-state index contributed by atoms with van der Waals surface area (Å²) in [7, 11) is 0. The van der Waals surface area contributed by atoms with E-state index in [0.717, 1.165) is 11.6 Å². The van der Waals surface area contributed by atoms with Gasteiger partial charge >= 0.3 is 6.09 Å². The van der Waals surface area contributed by atoms with Gasteiger partial charge in [-0.05, 0) is 17.7 Å². The van der Waals surface area contributed by atoms with Crippen molar-refractivity contribution in [1.82, 2.24) is 10.2 Å². The van der Waals surface area contributed by atoms with Crippen LogP contribution in [0.25, 0.3) is 0 Å². The molecule has 1 heterocycles. The highest BCUT2D eigenvalue weighted by atomic mass is 19.1. The Hall–Kier alpha value is -2.50. The normalized spacial score (nSPS) is 9.83. The predicted molar refractivity (Wildman–Crippen MR) is 62.2 cm³/mol. The Morgan fingerprint density at radius 2 is 1.94 bits per heavy atom. The van der Waals surface area contributed by atoms with Crippen LogP contribution in [-0.4, -0.2) is 16.3 Å². The molecule has 2 rings (SSSR count). The summed E-state index contributed by atoms with van der Waals surface area (Å²) in [6, 6.07) is 11.6. The van der Waals surface area contributed by atoms with Gasteiger partial charge < -0.3 is 4.74 Å². The summed E-state index contributed by atoms with van der Waals surface area (Å²) >= 11 is 0. The Morgan fingerprint density at radius 1 is 1.17 bits per heavy atom. The number of rotatable bonds is 3. The fourth-order valence-electron chi connectivity index (χ4n) is 1.25. The van der Waals surface area contributed by atoms with E-state index in [1.54, 1.807) is 0 Å². The van der Waals surface area contributed by atoms with Crippen molar-refractivity contribution in [3.63, 3.8) is 0 Å². The molecular formula is C12H10FN3O2. The van der Waals surface area contributed by atoms with Gasteiger partial charge in [-0.3, -0.25) is 5.32 Å². The standard InChI is InChI=1S/C12H10FN3O2/c13-10-6-7-11(16-15-10)14-12(17)18-8-9-4-2-1-3-5-9/h1-7H,8H2,(H,14,16,17). The highest BCUT2D eigenvalue weighted by Crippen LogP contribution is 2.04. The second-order valence-corrected chi connectivity index (χ2v) is 3.43. The molecule has 1 amide bonds. The number of hydrogen-bond donors (Lipinski definition) is 1. The van der Waals surface area contributed by atoms with Crippen LogP contribution in [0.4, 0.5) is 15.0 Å². The topological polar surface area (TPSA) is 64.1 Å². The molecule has 2 aromatic rings. The van der Waals surface area contributed by atoms with Crippen LogP contribution >= 0.6 is 0 Å². The zero-order valence-corrected chi connectivity index (χ0v) is 9.34. The first-order valence-corrected chi connectivity index (χ1v) is 5.21. The van der Waals surface area contributed by atoms with E-state index < -0.39 is 12.0 Å². The van der Waals surface area contributed by atoms with Gasteiger partial charge in [0.2, 0.25) is 5.95 Å². The van der Waals surface area contributed by atoms with E-state index in [1.165, 1.54) is 6.07 Å². The number of carbonyl (C=O) groups is 1. The van der Waals surface area contributed by atoms with Gasteiger partial charge in [-0.25, -0.2) is 4.79 Å². The number of anilines is 1. The maximum Gasteiger partial charge on any atom is 0.413 e. The van der Waals surface area contributed by atoms with Gasteiger partial charge in [0.25, 0.3) is 0 Å². The number of halogens is 1. The first-order valence-electron chi connectivity index (χ1n) is 5.21. The van der Waals surface area contributed by atoms with Gasteiger partial charge in [-0.1, -0.05) is 30.3 Å². The summed E-state index contributed by atoms with van der Waals surface area (Å²) < 4.78 is 17.4. The SMILES string of the molecule is O=C(Nc1ccc(F)nn1)OCc1ccccc1. The average molecular weight is 247 g/mol. The van der Waals surface area contributed by atoms with Crippen LogP contribution < -0.4 is 5.32 Å². The number of carbonyl (C=O) groups excluding carboxylic acids is 1. The quantitative estimate of drug-likeness (QED) is 0.904. The van der Waals surface area contributed by atoms with E-state index in [2.05, 4.69) is 15.5 Å². The number of hydrogen-bond acceptors (Lipinski definition) is 4. The van der Waals surface area contributed by atoms with Crippen molar-refractivity contribution in [2.24, 2.45) is 0 Å². The monoisotopic (exact) mass is 247 g/mol. The van der Waals surface area contributed by atoms with Gasteiger partial charge in [0.1, 0.15) is 6.61 Å². The predicted octanol–water partition coefficient (Wildman–Crippen LogP) is 2.36. The van der Waals surface area contributed by atoms with Crippen molar-refractivity contribution < 1.29 is 13.9 Å². The van der Waals surface area contributed by atoms with Crippen LogP contribution in [-0.2, 0) is 11.3 Å². The molecule has 0 saturated carbocycles. The van der Waals surface area contributed by atoms with Crippen LogP contribution in [0, 0.1) is 5.95 Å². The first-order chi connectivity index (χ1) is 8.74. The molecule has 0 aliphatic rings. The van der Waals surface area contributed by atoms with Crippen molar-refractivity contribution in [3.8, 4) is 0 Å². The Labute approximate surface area is 103 Å². The van der Waals surface area contributed by atoms with Gasteiger partial charge in [-0.15, -0.1) is 10.2 Å². The molecule has 1 N–H and O–H groups in total. The molecule has 0 radical (unpaired) electrons. The summed E-state index contributed by atoms with van der Waals surface area (Å²) in [5, 5.41) is 8.94. The molecule has 1 aromatic heterocycles. The third-order valence-electron chi connectivity index (χ3n) is 2.07. The summed E-state index contributed by atoms with van der Waals surface area (Å²) in [6.45, 7) is 0.154. The molecular weight excluding hydrogens is 237 g/mol. The van der Waals surface area contributed by atoms with E-state index in [-0.39, 0.29) is 12.4 Å².